The predicted molar refractivity (Wildman–Crippen MR) is 93.0 cm³/mol. The number of nitrogens with zero attached hydrogens (tertiary/aromatic N) is 3. The van der Waals surface area contributed by atoms with Crippen LogP contribution < -0.4 is 10.2 Å². The van der Waals surface area contributed by atoms with Crippen molar-refractivity contribution in [2.45, 2.75) is 26.8 Å². The molecule has 1 aliphatic heterocycles. The van der Waals surface area contributed by atoms with Gasteiger partial charge in [-0.25, -0.2) is 4.79 Å². The molecule has 1 atom stereocenters. The first-order valence-electron chi connectivity index (χ1n) is 7.97. The molecule has 2 rings (SSSR count). The largest absolute Gasteiger partial charge is 0.339 e. The molecule has 24 heavy (non-hydrogen) atoms. The lowest BCUT2D eigenvalue weighted by Gasteiger charge is -2.39. The number of rotatable bonds is 2. The van der Waals surface area contributed by atoms with E-state index in [1.54, 1.807) is 42.0 Å². The predicted octanol–water partition coefficient (Wildman–Crippen LogP) is 1.75. The van der Waals surface area contributed by atoms with Gasteiger partial charge in [0, 0.05) is 57.9 Å². The van der Waals surface area contributed by atoms with Crippen molar-refractivity contribution in [3.05, 3.63) is 24.3 Å². The van der Waals surface area contributed by atoms with Crippen LogP contribution in [0.25, 0.3) is 0 Å². The molecule has 0 spiro atoms. The number of piperazine rings is 1. The molecule has 1 N–H and O–H groups in total. The van der Waals surface area contributed by atoms with Gasteiger partial charge in [0.05, 0.1) is 0 Å². The van der Waals surface area contributed by atoms with Crippen LogP contribution in [0.4, 0.5) is 16.2 Å². The van der Waals surface area contributed by atoms with Crippen LogP contribution in [-0.4, -0.2) is 60.4 Å². The summed E-state index contributed by atoms with van der Waals surface area (Å²) in [6.45, 7) is 6.53. The number of amides is 4. The summed E-state index contributed by atoms with van der Waals surface area (Å²) < 4.78 is 0. The summed E-state index contributed by atoms with van der Waals surface area (Å²) in [5.41, 5.74) is 1.35. The van der Waals surface area contributed by atoms with Gasteiger partial charge in [0.15, 0.2) is 0 Å². The first-order valence-corrected chi connectivity index (χ1v) is 7.97. The molecule has 1 aromatic carbocycles. The summed E-state index contributed by atoms with van der Waals surface area (Å²) in [4.78, 5) is 40.4. The first kappa shape index (κ1) is 17.8. The lowest BCUT2D eigenvalue weighted by molar-refractivity contribution is -0.131. The highest BCUT2D eigenvalue weighted by molar-refractivity contribution is 5.93. The van der Waals surface area contributed by atoms with Crippen LogP contribution in [0.1, 0.15) is 20.8 Å². The number of hydrogen-bond donors (Lipinski definition) is 1. The van der Waals surface area contributed by atoms with Crippen molar-refractivity contribution >= 4 is 29.2 Å². The van der Waals surface area contributed by atoms with Crippen molar-refractivity contribution < 1.29 is 14.4 Å². The van der Waals surface area contributed by atoms with Gasteiger partial charge in [-0.15, -0.1) is 0 Å². The molecule has 7 heteroatoms. The van der Waals surface area contributed by atoms with E-state index < -0.39 is 0 Å². The van der Waals surface area contributed by atoms with Crippen molar-refractivity contribution in [3.63, 3.8) is 0 Å². The molecule has 7 nitrogen and oxygen atoms in total. The Morgan fingerprint density at radius 3 is 2.50 bits per heavy atom. The summed E-state index contributed by atoms with van der Waals surface area (Å²) in [6, 6.07) is 6.90. The van der Waals surface area contributed by atoms with Crippen molar-refractivity contribution in [1.29, 1.82) is 0 Å². The molecule has 4 amide bonds. The van der Waals surface area contributed by atoms with Gasteiger partial charge < -0.3 is 20.0 Å². The van der Waals surface area contributed by atoms with Crippen molar-refractivity contribution in [2.24, 2.45) is 0 Å². The van der Waals surface area contributed by atoms with Gasteiger partial charge in [-0.3, -0.25) is 9.59 Å². The molecular weight excluding hydrogens is 308 g/mol. The summed E-state index contributed by atoms with van der Waals surface area (Å²) in [5, 5.41) is 2.87. The smallest absolute Gasteiger partial charge is 0.322 e. The molecule has 0 aliphatic carbocycles. The van der Waals surface area contributed by atoms with Crippen LogP contribution in [-0.2, 0) is 9.59 Å². The summed E-state index contributed by atoms with van der Waals surface area (Å²) in [5.74, 6) is -0.0469. The molecule has 1 aromatic rings. The minimum atomic E-state index is -0.201. The summed E-state index contributed by atoms with van der Waals surface area (Å²) >= 11 is 0. The third kappa shape index (κ3) is 4.04. The van der Waals surface area contributed by atoms with Crippen LogP contribution >= 0.6 is 0 Å². The number of carbonyl (C=O) groups is 3. The zero-order valence-corrected chi connectivity index (χ0v) is 14.6. The highest BCUT2D eigenvalue weighted by Gasteiger charge is 2.28. The lowest BCUT2D eigenvalue weighted by Crippen LogP contribution is -2.56. The van der Waals surface area contributed by atoms with Crippen LogP contribution in [0.2, 0.25) is 0 Å². The maximum atomic E-state index is 12.5. The Labute approximate surface area is 142 Å². The first-order chi connectivity index (χ1) is 11.3. The Bertz CT molecular complexity index is 646. The lowest BCUT2D eigenvalue weighted by atomic mass is 10.2. The van der Waals surface area contributed by atoms with Crippen molar-refractivity contribution in [2.75, 3.05) is 36.9 Å². The number of hydrogen-bond acceptors (Lipinski definition) is 3. The van der Waals surface area contributed by atoms with E-state index in [0.29, 0.717) is 25.3 Å². The fourth-order valence-corrected chi connectivity index (χ4v) is 2.71. The summed E-state index contributed by atoms with van der Waals surface area (Å²) in [7, 11) is 1.69. The normalized spacial score (nSPS) is 17.4. The fraction of sp³-hybridized carbons (Fsp3) is 0.471. The Morgan fingerprint density at radius 1 is 1.21 bits per heavy atom. The molecule has 1 fully saturated rings. The van der Waals surface area contributed by atoms with E-state index >= 15 is 0 Å². The Kier molecular flexibility index (Phi) is 5.43. The molecule has 130 valence electrons. The highest BCUT2D eigenvalue weighted by atomic mass is 16.2. The number of carbonyl (C=O) groups excluding carboxylic acids is 3. The second-order valence-corrected chi connectivity index (χ2v) is 6.07. The molecule has 1 saturated heterocycles. The minimum absolute atomic E-state index is 0.0295. The SMILES string of the molecule is CC(=O)N1CCN(C(=O)Nc2cccc(N(C)C(C)=O)c2)[C@@H](C)C1. The topological polar surface area (TPSA) is 73.0 Å². The maximum Gasteiger partial charge on any atom is 0.322 e. The van der Waals surface area contributed by atoms with Gasteiger partial charge >= 0.3 is 6.03 Å². The second kappa shape index (κ2) is 7.33. The van der Waals surface area contributed by atoms with Gasteiger partial charge in [0.25, 0.3) is 0 Å². The summed E-state index contributed by atoms with van der Waals surface area (Å²) in [6.07, 6.45) is 0. The Hall–Kier alpha value is -2.57. The maximum absolute atomic E-state index is 12.5. The van der Waals surface area contributed by atoms with E-state index in [1.165, 1.54) is 11.8 Å². The standard InChI is InChI=1S/C17H24N4O3/c1-12-11-20(14(3)23)8-9-21(12)17(24)18-15-6-5-7-16(10-15)19(4)13(2)22/h5-7,10,12H,8-9,11H2,1-4H3,(H,18,24)/t12-/m0/s1. The molecule has 1 heterocycles. The quantitative estimate of drug-likeness (QED) is 0.897. The molecule has 0 unspecified atom stereocenters. The van der Waals surface area contributed by atoms with Crippen molar-refractivity contribution in [1.82, 2.24) is 9.80 Å². The third-order valence-electron chi connectivity index (χ3n) is 4.29. The molecule has 0 saturated carbocycles. The van der Waals surface area contributed by atoms with E-state index in [2.05, 4.69) is 5.32 Å². The van der Waals surface area contributed by atoms with Crippen LogP contribution in [0.3, 0.4) is 0 Å². The average Bonchev–Trinajstić information content (AvgIpc) is 2.53. The second-order valence-electron chi connectivity index (χ2n) is 6.07. The monoisotopic (exact) mass is 332 g/mol. The molecular formula is C17H24N4O3. The van der Waals surface area contributed by atoms with Gasteiger partial charge in [0.1, 0.15) is 0 Å². The average molecular weight is 332 g/mol. The third-order valence-corrected chi connectivity index (χ3v) is 4.29. The van der Waals surface area contributed by atoms with Crippen molar-refractivity contribution in [3.8, 4) is 0 Å². The number of anilines is 2. The van der Waals surface area contributed by atoms with E-state index in [1.807, 2.05) is 13.0 Å². The molecule has 0 bridgehead atoms. The van der Waals surface area contributed by atoms with Gasteiger partial charge in [-0.05, 0) is 25.1 Å². The van der Waals surface area contributed by atoms with Crippen LogP contribution in [0, 0.1) is 0 Å². The van der Waals surface area contributed by atoms with Crippen LogP contribution in [0.15, 0.2) is 24.3 Å². The van der Waals surface area contributed by atoms with E-state index in [9.17, 15) is 14.4 Å². The van der Waals surface area contributed by atoms with Crippen LogP contribution in [0.5, 0.6) is 0 Å². The van der Waals surface area contributed by atoms with Gasteiger partial charge in [-0.1, -0.05) is 6.07 Å². The number of nitrogens with one attached hydrogen (secondary N) is 1. The molecule has 1 aliphatic rings. The zero-order chi connectivity index (χ0) is 17.9. The van der Waals surface area contributed by atoms with E-state index in [0.717, 1.165) is 5.69 Å². The highest BCUT2D eigenvalue weighted by Crippen LogP contribution is 2.20. The molecule has 0 radical (unpaired) electrons. The minimum Gasteiger partial charge on any atom is -0.339 e. The van der Waals surface area contributed by atoms with E-state index in [4.69, 9.17) is 0 Å². The van der Waals surface area contributed by atoms with Gasteiger partial charge in [0.2, 0.25) is 11.8 Å². The van der Waals surface area contributed by atoms with E-state index in [-0.39, 0.29) is 23.9 Å². The fourth-order valence-electron chi connectivity index (χ4n) is 2.71. The Morgan fingerprint density at radius 2 is 1.92 bits per heavy atom. The van der Waals surface area contributed by atoms with Gasteiger partial charge in [-0.2, -0.15) is 0 Å². The number of urea groups is 1. The molecule has 0 aromatic heterocycles. The Balaban J connectivity index is 2.04. The number of benzene rings is 1. The zero-order valence-electron chi connectivity index (χ0n) is 14.6.